The number of carbonyl (C=O) groups is 1. The van der Waals surface area contributed by atoms with Gasteiger partial charge in [-0.1, -0.05) is 19.4 Å². The number of hydrogen-bond donors (Lipinski definition) is 0. The van der Waals surface area contributed by atoms with E-state index >= 15 is 0 Å². The van der Waals surface area contributed by atoms with Crippen molar-refractivity contribution in [1.29, 1.82) is 0 Å². The van der Waals surface area contributed by atoms with Gasteiger partial charge >= 0.3 is 0 Å². The molecule has 32 heavy (non-hydrogen) atoms. The number of nitrogens with zero attached hydrogens (tertiary/aromatic N) is 2. The van der Waals surface area contributed by atoms with Gasteiger partial charge in [0.2, 0.25) is 5.91 Å². The first kappa shape index (κ1) is 24.3. The molecule has 4 fully saturated rings. The van der Waals surface area contributed by atoms with Crippen LogP contribution in [0.2, 0.25) is 0 Å². The lowest BCUT2D eigenvalue weighted by Crippen LogP contribution is -2.56. The standard InChI is InChI=1S/C29H50N2O/c1-19(2)17-27(32)31(8)22-13-15-28(4)21(18-22)9-10-23-25-12-11-24(20(3)30(6)7)29(25,5)16-14-26(23)28/h17,20-26H,9-16,18H2,1-8H3/t20?,21?,22-,23?,24-,25?,26?,28+,29-/m1/s1. The predicted molar refractivity (Wildman–Crippen MR) is 134 cm³/mol. The van der Waals surface area contributed by atoms with E-state index in [9.17, 15) is 4.79 Å². The highest BCUT2D eigenvalue weighted by atomic mass is 16.2. The molecule has 0 aliphatic heterocycles. The Balaban J connectivity index is 1.48. The van der Waals surface area contributed by atoms with E-state index in [1.807, 2.05) is 27.0 Å². The second-order valence-corrected chi connectivity index (χ2v) is 13.2. The highest BCUT2D eigenvalue weighted by molar-refractivity contribution is 5.88. The lowest BCUT2D eigenvalue weighted by atomic mass is 9.44. The predicted octanol–water partition coefficient (Wildman–Crippen LogP) is 6.39. The second kappa shape index (κ2) is 8.75. The molecule has 3 heteroatoms. The SMILES string of the molecule is CC(C)=CC(=O)N(C)[C@@H]1CC[C@@]2(C)C(CCC3C2CC[C@@]2(C)C3CC[C@@H]2C(C)N(C)C)C1. The van der Waals surface area contributed by atoms with E-state index in [0.717, 1.165) is 35.2 Å². The molecule has 182 valence electrons. The van der Waals surface area contributed by atoms with Crippen molar-refractivity contribution in [1.82, 2.24) is 9.80 Å². The molecule has 4 saturated carbocycles. The van der Waals surface area contributed by atoms with Crippen molar-refractivity contribution in [3.8, 4) is 0 Å². The Morgan fingerprint density at radius 1 is 0.906 bits per heavy atom. The van der Waals surface area contributed by atoms with Crippen molar-refractivity contribution in [2.24, 2.45) is 40.4 Å². The van der Waals surface area contributed by atoms with Crippen LogP contribution < -0.4 is 0 Å². The van der Waals surface area contributed by atoms with Gasteiger partial charge in [-0.15, -0.1) is 0 Å². The average molecular weight is 443 g/mol. The van der Waals surface area contributed by atoms with Gasteiger partial charge in [0, 0.05) is 25.2 Å². The number of allylic oxidation sites excluding steroid dienone is 1. The molecule has 0 saturated heterocycles. The summed E-state index contributed by atoms with van der Waals surface area (Å²) >= 11 is 0. The van der Waals surface area contributed by atoms with Gasteiger partial charge in [-0.05, 0) is 133 Å². The summed E-state index contributed by atoms with van der Waals surface area (Å²) in [7, 11) is 6.59. The van der Waals surface area contributed by atoms with Crippen molar-refractivity contribution < 1.29 is 4.79 Å². The zero-order valence-electron chi connectivity index (χ0n) is 22.3. The van der Waals surface area contributed by atoms with Crippen molar-refractivity contribution >= 4 is 5.91 Å². The van der Waals surface area contributed by atoms with Crippen molar-refractivity contribution in [2.75, 3.05) is 21.1 Å². The van der Waals surface area contributed by atoms with Crippen LogP contribution in [0, 0.1) is 40.4 Å². The van der Waals surface area contributed by atoms with E-state index in [4.69, 9.17) is 0 Å². The highest BCUT2D eigenvalue weighted by Crippen LogP contribution is 2.68. The fourth-order valence-corrected chi connectivity index (χ4v) is 9.31. The Kier molecular flexibility index (Phi) is 6.64. The molecule has 0 bridgehead atoms. The topological polar surface area (TPSA) is 23.6 Å². The molecule has 5 unspecified atom stereocenters. The summed E-state index contributed by atoms with van der Waals surface area (Å²) in [6, 6.07) is 1.12. The van der Waals surface area contributed by atoms with Gasteiger partial charge in [0.25, 0.3) is 0 Å². The van der Waals surface area contributed by atoms with Crippen molar-refractivity contribution in [3.05, 3.63) is 11.6 Å². The molecule has 4 rings (SSSR count). The Morgan fingerprint density at radius 2 is 1.56 bits per heavy atom. The summed E-state index contributed by atoms with van der Waals surface area (Å²) < 4.78 is 0. The highest BCUT2D eigenvalue weighted by Gasteiger charge is 2.60. The van der Waals surface area contributed by atoms with E-state index in [0.29, 0.717) is 22.9 Å². The lowest BCUT2D eigenvalue weighted by Gasteiger charge is -2.62. The van der Waals surface area contributed by atoms with E-state index in [1.54, 1.807) is 0 Å². The third-order valence-electron chi connectivity index (χ3n) is 11.4. The fraction of sp³-hybridized carbons (Fsp3) is 0.897. The molecule has 0 N–H and O–H groups in total. The van der Waals surface area contributed by atoms with Crippen LogP contribution in [-0.4, -0.2) is 48.9 Å². The number of hydrogen-bond acceptors (Lipinski definition) is 2. The minimum Gasteiger partial charge on any atom is -0.339 e. The molecular formula is C29H50N2O. The molecule has 0 aromatic carbocycles. The van der Waals surface area contributed by atoms with Gasteiger partial charge in [-0.3, -0.25) is 4.79 Å². The molecular weight excluding hydrogens is 392 g/mol. The maximum Gasteiger partial charge on any atom is 0.246 e. The van der Waals surface area contributed by atoms with Gasteiger partial charge < -0.3 is 9.80 Å². The fourth-order valence-electron chi connectivity index (χ4n) is 9.31. The minimum atomic E-state index is 0.202. The molecule has 0 radical (unpaired) electrons. The Hall–Kier alpha value is -0.830. The normalized spacial score (nSPS) is 44.3. The molecule has 0 spiro atoms. The van der Waals surface area contributed by atoms with E-state index in [1.165, 1.54) is 57.8 Å². The van der Waals surface area contributed by atoms with Crippen molar-refractivity contribution in [2.45, 2.75) is 104 Å². The summed E-state index contributed by atoms with van der Waals surface area (Å²) in [5.74, 6) is 4.65. The summed E-state index contributed by atoms with van der Waals surface area (Å²) in [6.45, 7) is 11.8. The molecule has 1 amide bonds. The Morgan fingerprint density at radius 3 is 2.22 bits per heavy atom. The zero-order valence-corrected chi connectivity index (χ0v) is 22.3. The summed E-state index contributed by atoms with van der Waals surface area (Å²) in [6.07, 6.45) is 14.1. The summed E-state index contributed by atoms with van der Waals surface area (Å²) in [5, 5.41) is 0. The first-order valence-electron chi connectivity index (χ1n) is 13.6. The van der Waals surface area contributed by atoms with Crippen LogP contribution in [0.25, 0.3) is 0 Å². The number of carbonyl (C=O) groups excluding carboxylic acids is 1. The lowest BCUT2D eigenvalue weighted by molar-refractivity contribution is -0.137. The van der Waals surface area contributed by atoms with Crippen LogP contribution >= 0.6 is 0 Å². The van der Waals surface area contributed by atoms with E-state index in [-0.39, 0.29) is 5.91 Å². The number of fused-ring (bicyclic) bond motifs is 5. The van der Waals surface area contributed by atoms with Gasteiger partial charge in [-0.2, -0.15) is 0 Å². The smallest absolute Gasteiger partial charge is 0.246 e. The second-order valence-electron chi connectivity index (χ2n) is 13.2. The largest absolute Gasteiger partial charge is 0.339 e. The number of likely N-dealkylation sites (N-methyl/N-ethyl adjacent to an activating group) is 1. The maximum absolute atomic E-state index is 12.7. The van der Waals surface area contributed by atoms with Crippen LogP contribution in [0.1, 0.15) is 92.4 Å². The molecule has 3 nitrogen and oxygen atoms in total. The first-order chi connectivity index (χ1) is 15.0. The number of amides is 1. The Labute approximate surface area is 198 Å². The van der Waals surface area contributed by atoms with E-state index in [2.05, 4.69) is 44.7 Å². The van der Waals surface area contributed by atoms with Crippen LogP contribution in [0.5, 0.6) is 0 Å². The van der Waals surface area contributed by atoms with Gasteiger partial charge in [0.05, 0.1) is 0 Å². The van der Waals surface area contributed by atoms with Gasteiger partial charge in [0.15, 0.2) is 0 Å². The quantitative estimate of drug-likeness (QED) is 0.471. The summed E-state index contributed by atoms with van der Waals surface area (Å²) in [5.41, 5.74) is 2.14. The Bertz CT molecular complexity index is 739. The van der Waals surface area contributed by atoms with Gasteiger partial charge in [-0.25, -0.2) is 0 Å². The molecule has 4 aliphatic rings. The zero-order chi connectivity index (χ0) is 23.4. The number of rotatable bonds is 4. The average Bonchev–Trinajstić information content (AvgIpc) is 3.08. The van der Waals surface area contributed by atoms with Crippen LogP contribution in [0.15, 0.2) is 11.6 Å². The third kappa shape index (κ3) is 3.89. The van der Waals surface area contributed by atoms with Crippen LogP contribution in [0.3, 0.4) is 0 Å². The van der Waals surface area contributed by atoms with Gasteiger partial charge in [0.1, 0.15) is 0 Å². The first-order valence-corrected chi connectivity index (χ1v) is 13.6. The molecule has 0 heterocycles. The monoisotopic (exact) mass is 442 g/mol. The minimum absolute atomic E-state index is 0.202. The van der Waals surface area contributed by atoms with Crippen molar-refractivity contribution in [3.63, 3.8) is 0 Å². The molecule has 0 aromatic rings. The van der Waals surface area contributed by atoms with Crippen LogP contribution in [-0.2, 0) is 4.79 Å². The molecule has 0 aromatic heterocycles. The van der Waals surface area contributed by atoms with E-state index < -0.39 is 0 Å². The maximum atomic E-state index is 12.7. The van der Waals surface area contributed by atoms with Crippen LogP contribution in [0.4, 0.5) is 0 Å². The molecule has 9 atom stereocenters. The third-order valence-corrected chi connectivity index (χ3v) is 11.4. The summed E-state index contributed by atoms with van der Waals surface area (Å²) in [4.78, 5) is 17.2. The molecule has 4 aliphatic carbocycles.